The van der Waals surface area contributed by atoms with E-state index in [1.165, 1.54) is 7.11 Å². The van der Waals surface area contributed by atoms with E-state index < -0.39 is 42.0 Å². The van der Waals surface area contributed by atoms with E-state index in [1.807, 2.05) is 13.0 Å². The summed E-state index contributed by atoms with van der Waals surface area (Å²) in [6.45, 7) is 1.87. The Kier molecular flexibility index (Phi) is 7.18. The predicted octanol–water partition coefficient (Wildman–Crippen LogP) is -0.0384. The molecule has 0 bridgehead atoms. The predicted molar refractivity (Wildman–Crippen MR) is 81.5 cm³/mol. The first-order chi connectivity index (χ1) is 10.8. The first-order valence-corrected chi connectivity index (χ1v) is 7.42. The third kappa shape index (κ3) is 6.37. The minimum atomic E-state index is -1.24. The third-order valence-corrected chi connectivity index (χ3v) is 3.69. The molecule has 0 heterocycles. The standard InChI is InChI=1S/C15H24N2O6/c1-15(6-4-3-5-7-15)23-9-11(14(21)22-2)17-13(20)10(16)8-12(18)19/h3-4,10-11H,5-9,16H2,1-2H3,(H,17,20)(H,18,19)/t10-,11-,15?/m0/s1. The van der Waals surface area contributed by atoms with E-state index >= 15 is 0 Å². The lowest BCUT2D eigenvalue weighted by atomic mass is 9.91. The van der Waals surface area contributed by atoms with Crippen LogP contribution in [-0.4, -0.2) is 54.4 Å². The molecule has 0 aromatic heterocycles. The largest absolute Gasteiger partial charge is 0.481 e. The molecule has 4 N–H and O–H groups in total. The van der Waals surface area contributed by atoms with E-state index in [-0.39, 0.29) is 6.61 Å². The zero-order valence-electron chi connectivity index (χ0n) is 13.4. The summed E-state index contributed by atoms with van der Waals surface area (Å²) in [6, 6.07) is -2.28. The van der Waals surface area contributed by atoms with Crippen LogP contribution in [0.4, 0.5) is 0 Å². The van der Waals surface area contributed by atoms with E-state index in [2.05, 4.69) is 16.1 Å². The zero-order chi connectivity index (χ0) is 17.5. The van der Waals surface area contributed by atoms with Crippen LogP contribution in [0.2, 0.25) is 0 Å². The first kappa shape index (κ1) is 19.1. The number of nitrogens with two attached hydrogens (primary N) is 1. The molecular weight excluding hydrogens is 304 g/mol. The fourth-order valence-electron chi connectivity index (χ4n) is 2.23. The Morgan fingerprint density at radius 1 is 1.39 bits per heavy atom. The highest BCUT2D eigenvalue weighted by atomic mass is 16.5. The molecule has 1 amide bonds. The van der Waals surface area contributed by atoms with Gasteiger partial charge in [0.15, 0.2) is 6.04 Å². The Hall–Kier alpha value is -1.93. The van der Waals surface area contributed by atoms with Gasteiger partial charge in [-0.3, -0.25) is 9.59 Å². The molecule has 8 nitrogen and oxygen atoms in total. The number of rotatable bonds is 8. The molecule has 0 aliphatic heterocycles. The molecule has 130 valence electrons. The summed E-state index contributed by atoms with van der Waals surface area (Å²) in [4.78, 5) is 34.2. The quantitative estimate of drug-likeness (QED) is 0.421. The smallest absolute Gasteiger partial charge is 0.330 e. The van der Waals surface area contributed by atoms with Crippen molar-refractivity contribution in [1.29, 1.82) is 0 Å². The fourth-order valence-corrected chi connectivity index (χ4v) is 2.23. The fraction of sp³-hybridized carbons (Fsp3) is 0.667. The second-order valence-electron chi connectivity index (χ2n) is 5.76. The van der Waals surface area contributed by atoms with Gasteiger partial charge in [0, 0.05) is 0 Å². The van der Waals surface area contributed by atoms with Crippen molar-refractivity contribution < 1.29 is 29.0 Å². The van der Waals surface area contributed by atoms with Gasteiger partial charge in [-0.05, 0) is 26.2 Å². The van der Waals surface area contributed by atoms with E-state index in [1.54, 1.807) is 0 Å². The molecule has 23 heavy (non-hydrogen) atoms. The normalized spacial score (nSPS) is 22.9. The third-order valence-electron chi connectivity index (χ3n) is 3.69. The van der Waals surface area contributed by atoms with Crippen LogP contribution in [0, 0.1) is 0 Å². The molecule has 0 fully saturated rings. The summed E-state index contributed by atoms with van der Waals surface area (Å²) < 4.78 is 10.4. The summed E-state index contributed by atoms with van der Waals surface area (Å²) in [5, 5.41) is 11.0. The summed E-state index contributed by atoms with van der Waals surface area (Å²) in [5.74, 6) is -2.60. The van der Waals surface area contributed by atoms with E-state index in [9.17, 15) is 14.4 Å². The van der Waals surface area contributed by atoms with Gasteiger partial charge in [0.1, 0.15) is 0 Å². The Labute approximate surface area is 135 Å². The summed E-state index contributed by atoms with van der Waals surface area (Å²) in [7, 11) is 1.20. The number of amides is 1. The number of nitrogens with one attached hydrogen (secondary N) is 1. The number of allylic oxidation sites excluding steroid dienone is 1. The lowest BCUT2D eigenvalue weighted by molar-refractivity contribution is -0.149. The molecule has 0 spiro atoms. The number of esters is 1. The number of methoxy groups -OCH3 is 1. The van der Waals surface area contributed by atoms with Gasteiger partial charge < -0.3 is 25.6 Å². The van der Waals surface area contributed by atoms with Gasteiger partial charge >= 0.3 is 11.9 Å². The van der Waals surface area contributed by atoms with Crippen LogP contribution < -0.4 is 11.1 Å². The molecule has 0 saturated carbocycles. The van der Waals surface area contributed by atoms with Crippen molar-refractivity contribution >= 4 is 17.8 Å². The lowest BCUT2D eigenvalue weighted by Gasteiger charge is -2.32. The van der Waals surface area contributed by atoms with Crippen LogP contribution >= 0.6 is 0 Å². The van der Waals surface area contributed by atoms with Gasteiger partial charge in [-0.15, -0.1) is 0 Å². The summed E-state index contributed by atoms with van der Waals surface area (Å²) >= 11 is 0. The number of carboxylic acids is 1. The molecule has 1 aliphatic carbocycles. The van der Waals surface area contributed by atoms with Gasteiger partial charge in [0.2, 0.25) is 5.91 Å². The Morgan fingerprint density at radius 3 is 2.61 bits per heavy atom. The highest BCUT2D eigenvalue weighted by Gasteiger charge is 2.31. The minimum Gasteiger partial charge on any atom is -0.481 e. The molecule has 8 heteroatoms. The number of hydrogen-bond acceptors (Lipinski definition) is 6. The second kappa shape index (κ2) is 8.64. The van der Waals surface area contributed by atoms with Crippen molar-refractivity contribution in [3.8, 4) is 0 Å². The van der Waals surface area contributed by atoms with Gasteiger partial charge in [0.25, 0.3) is 0 Å². The average molecular weight is 328 g/mol. The SMILES string of the molecule is COC(=O)[C@H](COC1(C)CC=CCC1)NC(=O)[C@@H](N)CC(=O)O. The topological polar surface area (TPSA) is 128 Å². The monoisotopic (exact) mass is 328 g/mol. The number of carboxylic acid groups (broad SMARTS) is 1. The number of carbonyl (C=O) groups excluding carboxylic acids is 2. The van der Waals surface area contributed by atoms with Crippen molar-refractivity contribution in [1.82, 2.24) is 5.32 Å². The molecule has 0 aromatic rings. The van der Waals surface area contributed by atoms with Crippen LogP contribution in [0.5, 0.6) is 0 Å². The van der Waals surface area contributed by atoms with Crippen molar-refractivity contribution in [3.63, 3.8) is 0 Å². The van der Waals surface area contributed by atoms with E-state index in [0.29, 0.717) is 6.42 Å². The maximum absolute atomic E-state index is 11.9. The van der Waals surface area contributed by atoms with Gasteiger partial charge in [-0.1, -0.05) is 12.2 Å². The number of hydrogen-bond donors (Lipinski definition) is 3. The molecule has 3 atom stereocenters. The maximum Gasteiger partial charge on any atom is 0.330 e. The molecule has 1 aliphatic rings. The number of aliphatic carboxylic acids is 1. The lowest BCUT2D eigenvalue weighted by Crippen LogP contribution is -2.52. The Balaban J connectivity index is 2.62. The van der Waals surface area contributed by atoms with Crippen molar-refractivity contribution in [3.05, 3.63) is 12.2 Å². The second-order valence-corrected chi connectivity index (χ2v) is 5.76. The van der Waals surface area contributed by atoms with Crippen molar-refractivity contribution in [2.24, 2.45) is 5.73 Å². The van der Waals surface area contributed by atoms with Crippen molar-refractivity contribution in [2.75, 3.05) is 13.7 Å². The number of ether oxygens (including phenoxy) is 2. The average Bonchev–Trinajstić information content (AvgIpc) is 2.50. The van der Waals surface area contributed by atoms with E-state index in [4.69, 9.17) is 15.6 Å². The first-order valence-electron chi connectivity index (χ1n) is 7.42. The van der Waals surface area contributed by atoms with Crippen LogP contribution in [0.15, 0.2) is 12.2 Å². The van der Waals surface area contributed by atoms with Gasteiger partial charge in [0.05, 0.1) is 31.8 Å². The molecule has 0 radical (unpaired) electrons. The maximum atomic E-state index is 11.9. The summed E-state index contributed by atoms with van der Waals surface area (Å²) in [6.07, 6.45) is 5.96. The highest BCUT2D eigenvalue weighted by molar-refractivity contribution is 5.89. The molecular formula is C15H24N2O6. The molecule has 0 aromatic carbocycles. The van der Waals surface area contributed by atoms with Crippen molar-refractivity contribution in [2.45, 2.75) is 50.3 Å². The van der Waals surface area contributed by atoms with Crippen LogP contribution in [0.25, 0.3) is 0 Å². The highest BCUT2D eigenvalue weighted by Crippen LogP contribution is 2.27. The molecule has 0 saturated heterocycles. The molecule has 1 unspecified atom stereocenters. The summed E-state index contributed by atoms with van der Waals surface area (Å²) in [5.41, 5.74) is 5.07. The molecule has 1 rings (SSSR count). The van der Waals surface area contributed by atoms with Crippen LogP contribution in [-0.2, 0) is 23.9 Å². The Morgan fingerprint density at radius 2 is 2.09 bits per heavy atom. The van der Waals surface area contributed by atoms with Crippen LogP contribution in [0.3, 0.4) is 0 Å². The number of carbonyl (C=O) groups is 3. The van der Waals surface area contributed by atoms with E-state index in [0.717, 1.165) is 12.8 Å². The van der Waals surface area contributed by atoms with Gasteiger partial charge in [-0.25, -0.2) is 4.79 Å². The minimum absolute atomic E-state index is 0.0669. The zero-order valence-corrected chi connectivity index (χ0v) is 13.4. The Bertz CT molecular complexity index is 479. The van der Waals surface area contributed by atoms with Gasteiger partial charge in [-0.2, -0.15) is 0 Å². The van der Waals surface area contributed by atoms with Crippen LogP contribution in [0.1, 0.15) is 32.6 Å².